The molecule has 0 saturated heterocycles. The highest BCUT2D eigenvalue weighted by Crippen LogP contribution is 2.54. The van der Waals surface area contributed by atoms with Gasteiger partial charge in [0.1, 0.15) is 19.7 Å². The maximum atomic E-state index is 9.97. The molecule has 1 spiro atoms. The molecule has 3 atom stereocenters. The predicted molar refractivity (Wildman–Crippen MR) is 79.7 cm³/mol. The summed E-state index contributed by atoms with van der Waals surface area (Å²) >= 11 is 0. The molecule has 1 aliphatic carbocycles. The second-order valence-electron chi connectivity index (χ2n) is 6.23. The highest BCUT2D eigenvalue weighted by Gasteiger charge is 2.53. The minimum Gasteiger partial charge on any atom is -0.493 e. The molecule has 4 rings (SSSR count). The fourth-order valence-corrected chi connectivity index (χ4v) is 3.92. The molecule has 0 bridgehead atoms. The molecule has 110 valence electrons. The molecule has 21 heavy (non-hydrogen) atoms. The van der Waals surface area contributed by atoms with E-state index >= 15 is 0 Å². The van der Waals surface area contributed by atoms with Crippen LogP contribution < -0.4 is 9.47 Å². The predicted octanol–water partition coefficient (Wildman–Crippen LogP) is 1.48. The van der Waals surface area contributed by atoms with Crippen LogP contribution in [0.3, 0.4) is 0 Å². The molecule has 0 saturated carbocycles. The van der Waals surface area contributed by atoms with E-state index in [0.29, 0.717) is 6.42 Å². The van der Waals surface area contributed by atoms with Crippen molar-refractivity contribution in [2.24, 2.45) is 0 Å². The fraction of sp³-hybridized carbons (Fsp3) is 0.471. The highest BCUT2D eigenvalue weighted by molar-refractivity contribution is 5.83. The van der Waals surface area contributed by atoms with Gasteiger partial charge < -0.3 is 14.6 Å². The maximum Gasteiger partial charge on any atom is 0.170 e. The molecule has 3 aliphatic rings. The van der Waals surface area contributed by atoms with Gasteiger partial charge in [0.25, 0.3) is 0 Å². The zero-order valence-corrected chi connectivity index (χ0v) is 12.4. The Bertz CT molecular complexity index is 664. The van der Waals surface area contributed by atoms with E-state index in [1.807, 2.05) is 12.1 Å². The molecule has 4 nitrogen and oxygen atoms in total. The Hall–Kier alpha value is -1.81. The van der Waals surface area contributed by atoms with Gasteiger partial charge >= 0.3 is 0 Å². The lowest BCUT2D eigenvalue weighted by atomic mass is 9.69. The fourth-order valence-electron chi connectivity index (χ4n) is 3.92. The van der Waals surface area contributed by atoms with Gasteiger partial charge in [0.05, 0.1) is 18.6 Å². The van der Waals surface area contributed by atoms with Crippen LogP contribution >= 0.6 is 0 Å². The molecule has 0 aromatic heterocycles. The van der Waals surface area contributed by atoms with Crippen LogP contribution in [0.15, 0.2) is 24.3 Å². The first kappa shape index (κ1) is 12.9. The van der Waals surface area contributed by atoms with E-state index in [9.17, 15) is 5.11 Å². The average Bonchev–Trinajstić information content (AvgIpc) is 2.72. The molecule has 4 heteroatoms. The van der Waals surface area contributed by atoms with Crippen molar-refractivity contribution in [3.05, 3.63) is 35.4 Å². The average molecular weight is 286 g/mol. The Morgan fingerprint density at radius 1 is 1.43 bits per heavy atom. The molecule has 0 unspecified atom stereocenters. The quantitative estimate of drug-likeness (QED) is 0.628. The van der Waals surface area contributed by atoms with Crippen LogP contribution in [0.2, 0.25) is 0 Å². The maximum absolute atomic E-state index is 9.97. The topological polar surface area (TPSA) is 41.7 Å². The molecule has 1 aromatic carbocycles. The van der Waals surface area contributed by atoms with Crippen molar-refractivity contribution in [1.82, 2.24) is 0 Å². The van der Waals surface area contributed by atoms with E-state index < -0.39 is 6.10 Å². The number of rotatable bonds is 1. The number of nitrogens with zero attached hydrogens (tertiary/aromatic N) is 1. The Kier molecular flexibility index (Phi) is 2.67. The Balaban J connectivity index is 1.99. The zero-order chi connectivity index (χ0) is 14.6. The van der Waals surface area contributed by atoms with E-state index in [4.69, 9.17) is 9.47 Å². The van der Waals surface area contributed by atoms with Crippen LogP contribution in [0.5, 0.6) is 11.5 Å². The Morgan fingerprint density at radius 3 is 3.10 bits per heavy atom. The molecule has 1 aromatic rings. The Morgan fingerprint density at radius 2 is 2.29 bits per heavy atom. The van der Waals surface area contributed by atoms with E-state index in [1.165, 1.54) is 11.1 Å². The molecular weight excluding hydrogens is 266 g/mol. The molecular formula is C17H20NO3+. The third kappa shape index (κ3) is 1.69. The van der Waals surface area contributed by atoms with Crippen molar-refractivity contribution < 1.29 is 19.2 Å². The normalized spacial score (nSPS) is 32.6. The van der Waals surface area contributed by atoms with E-state index in [0.717, 1.165) is 24.5 Å². The third-order valence-corrected chi connectivity index (χ3v) is 4.98. The summed E-state index contributed by atoms with van der Waals surface area (Å²) in [4.78, 5) is 0. The van der Waals surface area contributed by atoms with Crippen molar-refractivity contribution in [3.8, 4) is 11.5 Å². The molecule has 0 amide bonds. The second kappa shape index (κ2) is 4.34. The number of hydrogen-bond donors (Lipinski definition) is 1. The summed E-state index contributed by atoms with van der Waals surface area (Å²) < 4.78 is 13.9. The van der Waals surface area contributed by atoms with Gasteiger partial charge in [0, 0.05) is 24.0 Å². The minimum absolute atomic E-state index is 0.0116. The standard InChI is InChI=1S/C17H20NO3/c1-18-8-7-17-6-5-12(19)9-14(17)21-16-13(20-2)4-3-11(10-18)15(16)17/h3-6,10,12,14,19H,7-9H2,1-2H3/q+1/t12-,14-,17-/m1/s1. The number of aliphatic hydroxyl groups excluding tert-OH is 1. The van der Waals surface area contributed by atoms with Gasteiger partial charge in [-0.2, -0.15) is 0 Å². The number of ether oxygens (including phenoxy) is 2. The summed E-state index contributed by atoms with van der Waals surface area (Å²) in [5.41, 5.74) is 2.27. The summed E-state index contributed by atoms with van der Waals surface area (Å²) in [6, 6.07) is 4.07. The largest absolute Gasteiger partial charge is 0.493 e. The molecule has 1 N–H and O–H groups in total. The number of aliphatic hydroxyl groups is 1. The minimum atomic E-state index is -0.422. The number of methoxy groups -OCH3 is 1. The van der Waals surface area contributed by atoms with Crippen LogP contribution in [-0.4, -0.2) is 48.8 Å². The molecule has 0 radical (unpaired) electrons. The lowest BCUT2D eigenvalue weighted by Crippen LogP contribution is -2.42. The molecule has 0 fully saturated rings. The summed E-state index contributed by atoms with van der Waals surface area (Å²) in [7, 11) is 3.78. The van der Waals surface area contributed by atoms with Gasteiger partial charge in [-0.1, -0.05) is 12.2 Å². The number of hydrogen-bond acceptors (Lipinski definition) is 3. The van der Waals surface area contributed by atoms with Gasteiger partial charge in [-0.05, 0) is 12.1 Å². The summed E-state index contributed by atoms with van der Waals surface area (Å²) in [6.45, 7) is 0.969. The third-order valence-electron chi connectivity index (χ3n) is 4.98. The SMILES string of the molecule is COc1ccc2c3c1O[C@@H]1C[C@H](O)C=C[C@]31CC[N+](C)=C2. The first-order chi connectivity index (χ1) is 10.1. The number of benzene rings is 1. The van der Waals surface area contributed by atoms with Crippen molar-refractivity contribution in [1.29, 1.82) is 0 Å². The van der Waals surface area contributed by atoms with Crippen molar-refractivity contribution in [2.45, 2.75) is 30.5 Å². The van der Waals surface area contributed by atoms with Crippen LogP contribution in [0.1, 0.15) is 24.0 Å². The first-order valence-corrected chi connectivity index (χ1v) is 7.45. The smallest absolute Gasteiger partial charge is 0.170 e. The summed E-state index contributed by atoms with van der Waals surface area (Å²) in [5.74, 6) is 1.63. The van der Waals surface area contributed by atoms with Gasteiger partial charge in [-0.3, -0.25) is 0 Å². The monoisotopic (exact) mass is 286 g/mol. The van der Waals surface area contributed by atoms with E-state index in [2.05, 4.69) is 30.0 Å². The lowest BCUT2D eigenvalue weighted by molar-refractivity contribution is -0.493. The highest BCUT2D eigenvalue weighted by atomic mass is 16.5. The van der Waals surface area contributed by atoms with Gasteiger partial charge in [0.15, 0.2) is 17.7 Å². The van der Waals surface area contributed by atoms with Gasteiger partial charge in [-0.25, -0.2) is 4.58 Å². The van der Waals surface area contributed by atoms with Crippen molar-refractivity contribution in [2.75, 3.05) is 20.7 Å². The second-order valence-corrected chi connectivity index (χ2v) is 6.23. The van der Waals surface area contributed by atoms with Gasteiger partial charge in [0.2, 0.25) is 0 Å². The lowest BCUT2D eigenvalue weighted by Gasteiger charge is -2.34. The summed E-state index contributed by atoms with van der Waals surface area (Å²) in [5, 5.41) is 9.97. The van der Waals surface area contributed by atoms with E-state index in [-0.39, 0.29) is 11.5 Å². The zero-order valence-electron chi connectivity index (χ0n) is 12.4. The van der Waals surface area contributed by atoms with Crippen molar-refractivity contribution >= 4 is 6.21 Å². The first-order valence-electron chi connectivity index (χ1n) is 7.45. The van der Waals surface area contributed by atoms with Gasteiger partial charge in [-0.15, -0.1) is 0 Å². The van der Waals surface area contributed by atoms with Crippen LogP contribution in [0.25, 0.3) is 0 Å². The van der Waals surface area contributed by atoms with Crippen LogP contribution in [0, 0.1) is 0 Å². The van der Waals surface area contributed by atoms with Crippen LogP contribution in [-0.2, 0) is 5.41 Å². The van der Waals surface area contributed by atoms with E-state index in [1.54, 1.807) is 7.11 Å². The molecule has 2 aliphatic heterocycles. The Labute approximate surface area is 124 Å². The van der Waals surface area contributed by atoms with Crippen molar-refractivity contribution in [3.63, 3.8) is 0 Å². The van der Waals surface area contributed by atoms with Crippen LogP contribution in [0.4, 0.5) is 0 Å². The summed E-state index contributed by atoms with van der Waals surface area (Å²) in [6.07, 6.45) is 7.45. The molecule has 2 heterocycles.